The van der Waals surface area contributed by atoms with Crippen molar-refractivity contribution in [1.29, 1.82) is 0 Å². The van der Waals surface area contributed by atoms with Crippen molar-refractivity contribution in [3.63, 3.8) is 0 Å². The Balaban J connectivity index is 1.89. The Morgan fingerprint density at radius 2 is 1.76 bits per heavy atom. The number of hydrogen-bond acceptors (Lipinski definition) is 8. The van der Waals surface area contributed by atoms with Gasteiger partial charge in [0.1, 0.15) is 22.3 Å². The summed E-state index contributed by atoms with van der Waals surface area (Å²) in [6.07, 6.45) is 2.95. The van der Waals surface area contributed by atoms with Gasteiger partial charge in [-0.2, -0.15) is 0 Å². The number of aromatic nitrogens is 4. The molecule has 0 aliphatic heterocycles. The van der Waals surface area contributed by atoms with Crippen LogP contribution in [0.15, 0.2) is 64.4 Å². The zero-order valence-electron chi connectivity index (χ0n) is 22.9. The summed E-state index contributed by atoms with van der Waals surface area (Å²) in [5.74, 6) is -0.969. The van der Waals surface area contributed by atoms with E-state index in [1.807, 2.05) is 20.9 Å². The maximum Gasteiger partial charge on any atom is 0.337 e. The highest BCUT2D eigenvalue weighted by Gasteiger charge is 2.26. The number of thiophene rings is 1. The lowest BCUT2D eigenvalue weighted by molar-refractivity contribution is 0.267. The molecule has 0 saturated heterocycles. The molecular formula is C29H28F2N6O3S. The highest BCUT2D eigenvalue weighted by Crippen LogP contribution is 2.38. The van der Waals surface area contributed by atoms with E-state index < -0.39 is 29.4 Å². The zero-order chi connectivity index (χ0) is 29.4. The number of pyridine rings is 2. The number of anilines is 1. The number of methoxy groups -OCH3 is 1. The highest BCUT2D eigenvalue weighted by molar-refractivity contribution is 7.22. The number of nitrogen functional groups attached to an aromatic ring is 1. The van der Waals surface area contributed by atoms with Gasteiger partial charge < -0.3 is 10.5 Å². The largest absolute Gasteiger partial charge is 0.481 e. The first-order valence-electron chi connectivity index (χ1n) is 12.8. The Morgan fingerprint density at radius 3 is 2.34 bits per heavy atom. The van der Waals surface area contributed by atoms with Gasteiger partial charge in [0.15, 0.2) is 0 Å². The lowest BCUT2D eigenvalue weighted by Gasteiger charge is -2.21. The molecule has 0 unspecified atom stereocenters. The molecule has 4 heterocycles. The second-order valence-electron chi connectivity index (χ2n) is 9.84. The van der Waals surface area contributed by atoms with E-state index in [9.17, 15) is 18.4 Å². The second-order valence-corrected chi connectivity index (χ2v) is 10.8. The van der Waals surface area contributed by atoms with E-state index in [1.165, 1.54) is 47.4 Å². The van der Waals surface area contributed by atoms with Gasteiger partial charge in [-0.1, -0.05) is 6.07 Å². The minimum Gasteiger partial charge on any atom is -0.481 e. The van der Waals surface area contributed by atoms with Gasteiger partial charge in [0, 0.05) is 40.9 Å². The van der Waals surface area contributed by atoms with E-state index in [4.69, 9.17) is 10.5 Å². The number of halogens is 2. The van der Waals surface area contributed by atoms with Crippen molar-refractivity contribution in [2.75, 3.05) is 19.9 Å². The van der Waals surface area contributed by atoms with Crippen LogP contribution in [0.5, 0.6) is 5.88 Å². The monoisotopic (exact) mass is 578 g/mol. The van der Waals surface area contributed by atoms with Crippen molar-refractivity contribution >= 4 is 27.4 Å². The van der Waals surface area contributed by atoms with Crippen LogP contribution in [-0.4, -0.2) is 44.2 Å². The van der Waals surface area contributed by atoms with E-state index in [1.54, 1.807) is 18.3 Å². The van der Waals surface area contributed by atoms with E-state index in [2.05, 4.69) is 14.9 Å². The van der Waals surface area contributed by atoms with Crippen LogP contribution < -0.4 is 21.7 Å². The van der Waals surface area contributed by atoms with Crippen LogP contribution in [0.25, 0.3) is 26.3 Å². The average molecular weight is 579 g/mol. The molecule has 4 aromatic heterocycles. The van der Waals surface area contributed by atoms with Crippen LogP contribution in [0.3, 0.4) is 0 Å². The first kappa shape index (κ1) is 28.1. The summed E-state index contributed by atoms with van der Waals surface area (Å²) in [7, 11) is 3.38. The molecule has 0 saturated carbocycles. The third-order valence-corrected chi connectivity index (χ3v) is 8.28. The predicted molar refractivity (Wildman–Crippen MR) is 156 cm³/mol. The third-order valence-electron chi connectivity index (χ3n) is 6.98. The molecule has 0 aliphatic carbocycles. The second kappa shape index (κ2) is 11.2. The van der Waals surface area contributed by atoms with Crippen LogP contribution in [0.2, 0.25) is 0 Å². The number of nitrogens with zero attached hydrogens (tertiary/aromatic N) is 5. The first-order chi connectivity index (χ1) is 19.6. The fraction of sp³-hybridized carbons (Fsp3) is 0.241. The average Bonchev–Trinajstić information content (AvgIpc) is 3.32. The van der Waals surface area contributed by atoms with Crippen molar-refractivity contribution < 1.29 is 13.5 Å². The maximum atomic E-state index is 14.8. The summed E-state index contributed by atoms with van der Waals surface area (Å²) in [6, 6.07) is 10.2. The van der Waals surface area contributed by atoms with Crippen LogP contribution in [0.4, 0.5) is 14.6 Å². The molecule has 0 bridgehead atoms. The van der Waals surface area contributed by atoms with Gasteiger partial charge in [0.2, 0.25) is 5.88 Å². The quantitative estimate of drug-likeness (QED) is 0.290. The predicted octanol–water partition coefficient (Wildman–Crippen LogP) is 4.43. The molecule has 1 aromatic carbocycles. The highest BCUT2D eigenvalue weighted by atomic mass is 32.1. The molecule has 0 amide bonds. The molecule has 2 N–H and O–H groups in total. The molecule has 0 fully saturated rings. The topological polar surface area (TPSA) is 108 Å². The molecule has 41 heavy (non-hydrogen) atoms. The number of nitrogens with two attached hydrogens (primary N) is 1. The number of benzene rings is 1. The van der Waals surface area contributed by atoms with Crippen molar-refractivity contribution in [2.24, 2.45) is 0 Å². The number of fused-ring (bicyclic) bond motifs is 1. The summed E-state index contributed by atoms with van der Waals surface area (Å²) in [5.41, 5.74) is 5.75. The molecule has 0 aliphatic rings. The van der Waals surface area contributed by atoms with Crippen LogP contribution >= 0.6 is 11.3 Å². The Labute approximate surface area is 238 Å². The van der Waals surface area contributed by atoms with Crippen LogP contribution in [-0.2, 0) is 13.1 Å². The third kappa shape index (κ3) is 5.23. The fourth-order valence-corrected chi connectivity index (χ4v) is 5.75. The van der Waals surface area contributed by atoms with Crippen molar-refractivity contribution in [3.8, 4) is 22.0 Å². The molecule has 12 heteroatoms. The molecule has 0 radical (unpaired) electrons. The maximum absolute atomic E-state index is 14.8. The summed E-state index contributed by atoms with van der Waals surface area (Å²) in [5, 5.41) is 0.265. The minimum absolute atomic E-state index is 0.133. The van der Waals surface area contributed by atoms with Crippen molar-refractivity contribution in [3.05, 3.63) is 98.5 Å². The van der Waals surface area contributed by atoms with E-state index >= 15 is 0 Å². The molecular weight excluding hydrogens is 550 g/mol. The Hall–Kier alpha value is -4.42. The van der Waals surface area contributed by atoms with Gasteiger partial charge in [0.25, 0.3) is 5.56 Å². The molecule has 0 spiro atoms. The standard InChI is InChI=1S/C29H28F2N6O3S/c1-16(2)35(3)14-20-25-27(38)37(18-9-11-24(40-4)34-13-18)29(39)36(15-19-21(30)6-5-7-22(19)31)28(25)41-26(20)17-8-10-23(32)33-12-17/h5-13,16H,14-15H2,1-4H3,(H2,32,33). The van der Waals surface area contributed by atoms with E-state index in [0.29, 0.717) is 39.1 Å². The van der Waals surface area contributed by atoms with Gasteiger partial charge in [0.05, 0.1) is 30.9 Å². The number of rotatable bonds is 8. The summed E-state index contributed by atoms with van der Waals surface area (Å²) in [4.78, 5) is 39.6. The van der Waals surface area contributed by atoms with E-state index in [0.717, 1.165) is 16.7 Å². The Morgan fingerprint density at radius 1 is 1.02 bits per heavy atom. The van der Waals surface area contributed by atoms with Crippen LogP contribution in [0, 0.1) is 11.6 Å². The van der Waals surface area contributed by atoms with Crippen molar-refractivity contribution in [2.45, 2.75) is 33.0 Å². The zero-order valence-corrected chi connectivity index (χ0v) is 23.7. The van der Waals surface area contributed by atoms with Gasteiger partial charge in [-0.05, 0) is 56.8 Å². The lowest BCUT2D eigenvalue weighted by Crippen LogP contribution is -2.39. The van der Waals surface area contributed by atoms with Gasteiger partial charge in [-0.15, -0.1) is 11.3 Å². The normalized spacial score (nSPS) is 11.6. The van der Waals surface area contributed by atoms with Gasteiger partial charge >= 0.3 is 5.69 Å². The smallest absolute Gasteiger partial charge is 0.337 e. The summed E-state index contributed by atoms with van der Waals surface area (Å²) >= 11 is 1.19. The number of hydrogen-bond donors (Lipinski definition) is 1. The lowest BCUT2D eigenvalue weighted by atomic mass is 10.1. The molecule has 5 rings (SSSR count). The first-order valence-corrected chi connectivity index (χ1v) is 13.6. The van der Waals surface area contributed by atoms with E-state index in [-0.39, 0.29) is 22.7 Å². The Bertz CT molecular complexity index is 1830. The Kier molecular flexibility index (Phi) is 7.70. The van der Waals surface area contributed by atoms with Crippen molar-refractivity contribution in [1.82, 2.24) is 24.0 Å². The SMILES string of the molecule is COc1ccc(-n2c(=O)c3c(CN(C)C(C)C)c(-c4ccc(N)nc4)sc3n(Cc3c(F)cccc3F)c2=O)cn1. The van der Waals surface area contributed by atoms with Gasteiger partial charge in [-0.25, -0.2) is 28.1 Å². The number of ether oxygens (including phenoxy) is 1. The van der Waals surface area contributed by atoms with Crippen LogP contribution in [0.1, 0.15) is 25.0 Å². The minimum atomic E-state index is -0.798. The summed E-state index contributed by atoms with van der Waals surface area (Å²) in [6.45, 7) is 3.98. The molecule has 5 aromatic rings. The molecule has 212 valence electrons. The summed E-state index contributed by atoms with van der Waals surface area (Å²) < 4.78 is 37.0. The molecule has 0 atom stereocenters. The molecule has 9 nitrogen and oxygen atoms in total. The van der Waals surface area contributed by atoms with Gasteiger partial charge in [-0.3, -0.25) is 14.3 Å². The fourth-order valence-electron chi connectivity index (χ4n) is 4.46.